The van der Waals surface area contributed by atoms with Crippen molar-refractivity contribution in [2.45, 2.75) is 19.9 Å². The van der Waals surface area contributed by atoms with Crippen LogP contribution in [0.3, 0.4) is 0 Å². The summed E-state index contributed by atoms with van der Waals surface area (Å²) in [5, 5.41) is 22.4. The zero-order valence-electron chi connectivity index (χ0n) is 18.9. The molecule has 0 aliphatic heterocycles. The molecule has 1 atom stereocenters. The maximum absolute atomic E-state index is 13.4. The van der Waals surface area contributed by atoms with Crippen LogP contribution in [0.25, 0.3) is 0 Å². The van der Waals surface area contributed by atoms with Crippen molar-refractivity contribution in [1.29, 1.82) is 0 Å². The number of hydrogen-bond acceptors (Lipinski definition) is 5. The molecule has 0 heterocycles. The Balaban J connectivity index is 1.97. The Bertz CT molecular complexity index is 1280. The number of nitrogens with zero attached hydrogens (tertiary/aromatic N) is 1. The van der Waals surface area contributed by atoms with Gasteiger partial charge in [0.25, 0.3) is 0 Å². The van der Waals surface area contributed by atoms with Crippen molar-refractivity contribution < 1.29 is 19.8 Å². The van der Waals surface area contributed by atoms with Crippen LogP contribution >= 0.6 is 23.2 Å². The smallest absolute Gasteiger partial charge is 0.198 e. The molecule has 5 nitrogen and oxygen atoms in total. The largest absolute Gasteiger partial charge is 0.507 e. The first-order valence-electron chi connectivity index (χ1n) is 11.0. The highest BCUT2D eigenvalue weighted by atomic mass is 35.5. The van der Waals surface area contributed by atoms with Crippen molar-refractivity contribution >= 4 is 34.8 Å². The van der Waals surface area contributed by atoms with Gasteiger partial charge in [0.05, 0.1) is 17.2 Å². The first kappa shape index (κ1) is 24.3. The van der Waals surface area contributed by atoms with E-state index in [-0.39, 0.29) is 33.8 Å². The fraction of sp³-hybridized carbons (Fsp3) is 0.259. The normalized spacial score (nSPS) is 13.7. The summed E-state index contributed by atoms with van der Waals surface area (Å²) in [6.45, 7) is 4.91. The van der Waals surface area contributed by atoms with Crippen LogP contribution in [-0.4, -0.2) is 51.5 Å². The second-order valence-corrected chi connectivity index (χ2v) is 9.20. The van der Waals surface area contributed by atoms with E-state index in [2.05, 4.69) is 0 Å². The number of benzene rings is 3. The zero-order chi connectivity index (χ0) is 24.6. The van der Waals surface area contributed by atoms with Crippen molar-refractivity contribution in [3.8, 4) is 11.5 Å². The molecule has 34 heavy (non-hydrogen) atoms. The number of hydrogen-bond donors (Lipinski definition) is 2. The molecule has 4 rings (SSSR count). The van der Waals surface area contributed by atoms with Crippen molar-refractivity contribution in [3.63, 3.8) is 0 Å². The summed E-state index contributed by atoms with van der Waals surface area (Å²) in [4.78, 5) is 28.5. The van der Waals surface area contributed by atoms with Crippen molar-refractivity contribution in [3.05, 3.63) is 93.0 Å². The molecule has 1 unspecified atom stereocenters. The molecule has 0 fully saturated rings. The fourth-order valence-corrected chi connectivity index (χ4v) is 5.03. The summed E-state index contributed by atoms with van der Waals surface area (Å²) >= 11 is 12.2. The van der Waals surface area contributed by atoms with E-state index >= 15 is 0 Å². The number of carbonyl (C=O) groups excluding carboxylic acids is 2. The molecule has 0 saturated heterocycles. The van der Waals surface area contributed by atoms with Crippen LogP contribution in [0.2, 0.25) is 0 Å². The number of halogens is 2. The maximum Gasteiger partial charge on any atom is 0.198 e. The molecule has 0 saturated carbocycles. The Morgan fingerprint density at radius 1 is 0.824 bits per heavy atom. The topological polar surface area (TPSA) is 77.8 Å². The van der Waals surface area contributed by atoms with Crippen LogP contribution in [0, 0.1) is 13.8 Å². The fourth-order valence-electron chi connectivity index (χ4n) is 4.60. The Morgan fingerprint density at radius 2 is 1.41 bits per heavy atom. The minimum absolute atomic E-state index is 0.176. The molecule has 0 bridgehead atoms. The number of rotatable bonds is 7. The first-order valence-corrected chi connectivity index (χ1v) is 12.1. The number of phenolic OH excluding ortho intramolecular Hbond substituents is 2. The van der Waals surface area contributed by atoms with Crippen LogP contribution < -0.4 is 0 Å². The van der Waals surface area contributed by atoms with E-state index in [0.29, 0.717) is 30.4 Å². The second-order valence-electron chi connectivity index (χ2n) is 8.45. The van der Waals surface area contributed by atoms with E-state index in [9.17, 15) is 19.8 Å². The molecular weight excluding hydrogens is 473 g/mol. The number of aromatic hydroxyl groups is 2. The highest BCUT2D eigenvalue weighted by molar-refractivity contribution is 6.30. The lowest BCUT2D eigenvalue weighted by atomic mass is 9.80. The summed E-state index contributed by atoms with van der Waals surface area (Å²) in [6.07, 6.45) is 0. The van der Waals surface area contributed by atoms with Crippen LogP contribution in [0.15, 0.2) is 48.5 Å². The molecule has 1 aliphatic carbocycles. The lowest BCUT2D eigenvalue weighted by molar-refractivity contribution is 0.0973. The average Bonchev–Trinajstić information content (AvgIpc) is 2.82. The lowest BCUT2D eigenvalue weighted by Gasteiger charge is -2.33. The highest BCUT2D eigenvalue weighted by Crippen LogP contribution is 2.45. The predicted molar refractivity (Wildman–Crippen MR) is 134 cm³/mol. The number of fused-ring (bicyclic) bond motifs is 2. The Kier molecular flexibility index (Phi) is 6.99. The number of carbonyl (C=O) groups is 2. The molecule has 7 heteroatoms. The van der Waals surface area contributed by atoms with Gasteiger partial charge in [-0.1, -0.05) is 42.5 Å². The van der Waals surface area contributed by atoms with Gasteiger partial charge in [-0.3, -0.25) is 14.5 Å². The molecular formula is C27H25Cl2NO4. The monoisotopic (exact) mass is 497 g/mol. The SMILES string of the molecule is Cc1ccc(C(c2cc(O)c3c(c2O)C(=O)c2ccccc2C3=O)N(CCCl)CCCl)cc1C. The zero-order valence-corrected chi connectivity index (χ0v) is 20.5. The number of aryl methyl sites for hydroxylation is 2. The molecule has 3 aromatic rings. The molecule has 0 radical (unpaired) electrons. The number of ketones is 2. The lowest BCUT2D eigenvalue weighted by Crippen LogP contribution is -2.34. The van der Waals surface area contributed by atoms with Gasteiger partial charge in [-0.15, -0.1) is 23.2 Å². The highest BCUT2D eigenvalue weighted by Gasteiger charge is 2.37. The molecule has 176 valence electrons. The average molecular weight is 498 g/mol. The summed E-state index contributed by atoms with van der Waals surface area (Å²) in [5.41, 5.74) is 3.39. The van der Waals surface area contributed by atoms with E-state index in [4.69, 9.17) is 23.2 Å². The molecule has 1 aliphatic rings. The number of alkyl halides is 2. The Labute approximate surface area is 208 Å². The summed E-state index contributed by atoms with van der Waals surface area (Å²) in [7, 11) is 0. The maximum atomic E-state index is 13.4. The van der Waals surface area contributed by atoms with E-state index in [1.165, 1.54) is 6.07 Å². The van der Waals surface area contributed by atoms with Gasteiger partial charge in [0.15, 0.2) is 11.6 Å². The van der Waals surface area contributed by atoms with Gasteiger partial charge < -0.3 is 10.2 Å². The van der Waals surface area contributed by atoms with Gasteiger partial charge in [0.1, 0.15) is 11.5 Å². The van der Waals surface area contributed by atoms with Crippen molar-refractivity contribution in [1.82, 2.24) is 4.90 Å². The van der Waals surface area contributed by atoms with Gasteiger partial charge in [0.2, 0.25) is 0 Å². The molecule has 0 spiro atoms. The van der Waals surface area contributed by atoms with Crippen LogP contribution in [0.5, 0.6) is 11.5 Å². The molecule has 2 N–H and O–H groups in total. The summed E-state index contributed by atoms with van der Waals surface area (Å²) in [6, 6.07) is 13.2. The van der Waals surface area contributed by atoms with Gasteiger partial charge in [0, 0.05) is 41.5 Å². The van der Waals surface area contributed by atoms with Crippen LogP contribution in [0.4, 0.5) is 0 Å². The van der Waals surface area contributed by atoms with Crippen molar-refractivity contribution in [2.75, 3.05) is 24.8 Å². The van der Waals surface area contributed by atoms with Gasteiger partial charge in [-0.25, -0.2) is 0 Å². The number of phenols is 2. The summed E-state index contributed by atoms with van der Waals surface area (Å²) < 4.78 is 0. The third-order valence-corrected chi connectivity index (χ3v) is 6.77. The molecule has 0 aromatic heterocycles. The van der Waals surface area contributed by atoms with Gasteiger partial charge in [-0.05, 0) is 36.6 Å². The minimum Gasteiger partial charge on any atom is -0.507 e. The molecule has 0 amide bonds. The third-order valence-electron chi connectivity index (χ3n) is 6.43. The Morgan fingerprint density at radius 3 is 1.97 bits per heavy atom. The van der Waals surface area contributed by atoms with Crippen LogP contribution in [0.1, 0.15) is 60.1 Å². The standard InChI is InChI=1S/C27H25Cl2NO4/c1-15-7-8-17(13-16(15)2)24(30(11-9-28)12-10-29)20-14-21(31)22-23(27(20)34)26(33)19-6-4-3-5-18(19)25(22)32/h3-8,13-14,24,31,34H,9-12H2,1-2H3. The minimum atomic E-state index is -0.548. The van der Waals surface area contributed by atoms with E-state index in [0.717, 1.165) is 16.7 Å². The third kappa shape index (κ3) is 4.09. The van der Waals surface area contributed by atoms with Gasteiger partial charge in [-0.2, -0.15) is 0 Å². The summed E-state index contributed by atoms with van der Waals surface area (Å²) in [5.74, 6) is -1.02. The van der Waals surface area contributed by atoms with Gasteiger partial charge >= 0.3 is 0 Å². The van der Waals surface area contributed by atoms with E-state index < -0.39 is 17.6 Å². The quantitative estimate of drug-likeness (QED) is 0.265. The Hall–Kier alpha value is -2.86. The molecule has 3 aromatic carbocycles. The van der Waals surface area contributed by atoms with Crippen molar-refractivity contribution in [2.24, 2.45) is 0 Å². The van der Waals surface area contributed by atoms with Crippen LogP contribution in [-0.2, 0) is 0 Å². The van der Waals surface area contributed by atoms with E-state index in [1.807, 2.05) is 36.9 Å². The predicted octanol–water partition coefficient (Wildman–Crippen LogP) is 5.36. The van der Waals surface area contributed by atoms with E-state index in [1.54, 1.807) is 24.3 Å². The second kappa shape index (κ2) is 9.79. The first-order chi connectivity index (χ1) is 16.3.